The SMILES string of the molecule is COC(=O)C[C@@H](C1=C(O)C(=O)C([C@H](CC(=O)OC)c2cccnc2)=C(O)C1=O)c1cccnc1. The van der Waals surface area contributed by atoms with Gasteiger partial charge in [0.15, 0.2) is 11.5 Å². The Kier molecular flexibility index (Phi) is 7.52. The fourth-order valence-corrected chi connectivity index (χ4v) is 3.80. The van der Waals surface area contributed by atoms with Crippen LogP contribution in [-0.4, -0.2) is 57.9 Å². The van der Waals surface area contributed by atoms with E-state index in [-0.39, 0.29) is 0 Å². The summed E-state index contributed by atoms with van der Waals surface area (Å²) >= 11 is 0. The molecule has 34 heavy (non-hydrogen) atoms. The largest absolute Gasteiger partial charge is 0.504 e. The van der Waals surface area contributed by atoms with Crippen molar-refractivity contribution in [3.8, 4) is 0 Å². The highest BCUT2D eigenvalue weighted by Crippen LogP contribution is 2.40. The van der Waals surface area contributed by atoms with Crippen LogP contribution in [0, 0.1) is 0 Å². The van der Waals surface area contributed by atoms with Gasteiger partial charge in [0, 0.05) is 36.6 Å². The van der Waals surface area contributed by atoms with Gasteiger partial charge in [0.25, 0.3) is 0 Å². The lowest BCUT2D eigenvalue weighted by molar-refractivity contribution is -0.142. The van der Waals surface area contributed by atoms with Gasteiger partial charge in [0.2, 0.25) is 11.6 Å². The average molecular weight is 466 g/mol. The van der Waals surface area contributed by atoms with Crippen LogP contribution in [0.4, 0.5) is 0 Å². The molecule has 0 saturated heterocycles. The zero-order chi connectivity index (χ0) is 24.8. The highest BCUT2D eigenvalue weighted by atomic mass is 16.5. The number of ketones is 2. The molecule has 0 amide bonds. The Morgan fingerprint density at radius 3 is 1.47 bits per heavy atom. The molecule has 2 aromatic rings. The predicted octanol–water partition coefficient (Wildman–Crippen LogP) is 2.25. The van der Waals surface area contributed by atoms with Crippen LogP contribution in [0.15, 0.2) is 71.7 Å². The Labute approximate surface area is 194 Å². The number of aliphatic hydroxyl groups excluding tert-OH is 2. The highest BCUT2D eigenvalue weighted by Gasteiger charge is 2.43. The number of methoxy groups -OCH3 is 2. The monoisotopic (exact) mass is 466 g/mol. The number of ether oxygens (including phenoxy) is 2. The van der Waals surface area contributed by atoms with Crippen molar-refractivity contribution < 1.29 is 38.9 Å². The molecular formula is C24H22N2O8. The normalized spacial score (nSPS) is 15.7. The summed E-state index contributed by atoms with van der Waals surface area (Å²) in [6.45, 7) is 0. The van der Waals surface area contributed by atoms with Crippen molar-refractivity contribution >= 4 is 23.5 Å². The molecule has 1 aliphatic carbocycles. The number of nitrogens with zero attached hydrogens (tertiary/aromatic N) is 2. The second kappa shape index (κ2) is 10.5. The molecule has 0 fully saturated rings. The molecule has 2 N–H and O–H groups in total. The van der Waals surface area contributed by atoms with Gasteiger partial charge in [0.05, 0.1) is 38.2 Å². The lowest BCUT2D eigenvalue weighted by atomic mass is 9.76. The Balaban J connectivity index is 2.13. The Hall–Kier alpha value is -4.34. The Bertz CT molecular complexity index is 1080. The number of esters is 2. The molecule has 176 valence electrons. The lowest BCUT2D eigenvalue weighted by Crippen LogP contribution is -2.31. The molecule has 0 radical (unpaired) electrons. The Morgan fingerprint density at radius 1 is 0.794 bits per heavy atom. The predicted molar refractivity (Wildman–Crippen MR) is 117 cm³/mol. The van der Waals surface area contributed by atoms with Crippen molar-refractivity contribution in [3.63, 3.8) is 0 Å². The van der Waals surface area contributed by atoms with E-state index < -0.39 is 70.8 Å². The van der Waals surface area contributed by atoms with E-state index in [9.17, 15) is 29.4 Å². The zero-order valence-corrected chi connectivity index (χ0v) is 18.4. The minimum atomic E-state index is -1.11. The highest BCUT2D eigenvalue weighted by molar-refractivity contribution is 6.24. The smallest absolute Gasteiger partial charge is 0.306 e. The minimum Gasteiger partial charge on any atom is -0.504 e. The van der Waals surface area contributed by atoms with E-state index in [1.807, 2.05) is 0 Å². The van der Waals surface area contributed by atoms with Crippen LogP contribution in [-0.2, 0) is 28.7 Å². The topological polar surface area (TPSA) is 153 Å². The number of Topliss-reactive ketones (excluding diaryl/α,β-unsaturated/α-hetero) is 2. The zero-order valence-electron chi connectivity index (χ0n) is 18.4. The summed E-state index contributed by atoms with van der Waals surface area (Å²) in [7, 11) is 2.32. The molecule has 10 nitrogen and oxygen atoms in total. The first kappa shape index (κ1) is 24.3. The molecular weight excluding hydrogens is 444 g/mol. The molecule has 2 atom stereocenters. The van der Waals surface area contributed by atoms with Crippen LogP contribution in [0.1, 0.15) is 35.8 Å². The molecule has 0 aromatic carbocycles. The van der Waals surface area contributed by atoms with Crippen molar-refractivity contribution in [1.29, 1.82) is 0 Å². The number of pyridine rings is 2. The van der Waals surface area contributed by atoms with Crippen LogP contribution in [0.2, 0.25) is 0 Å². The molecule has 0 unspecified atom stereocenters. The number of rotatable bonds is 8. The molecule has 0 aliphatic heterocycles. The number of hydrogen-bond donors (Lipinski definition) is 2. The summed E-state index contributed by atoms with van der Waals surface area (Å²) in [5.41, 5.74) is -0.226. The fraction of sp³-hybridized carbons (Fsp3) is 0.250. The van der Waals surface area contributed by atoms with Crippen LogP contribution in [0.25, 0.3) is 0 Å². The van der Waals surface area contributed by atoms with Crippen LogP contribution < -0.4 is 0 Å². The molecule has 2 aromatic heterocycles. The first-order chi connectivity index (χ1) is 16.3. The van der Waals surface area contributed by atoms with Gasteiger partial charge in [-0.25, -0.2) is 0 Å². The summed E-state index contributed by atoms with van der Waals surface area (Å²) in [5.74, 6) is -7.61. The second-order valence-electron chi connectivity index (χ2n) is 7.42. The summed E-state index contributed by atoms with van der Waals surface area (Å²) in [6, 6.07) is 6.24. The van der Waals surface area contributed by atoms with Gasteiger partial charge >= 0.3 is 11.9 Å². The van der Waals surface area contributed by atoms with E-state index in [1.54, 1.807) is 24.3 Å². The van der Waals surface area contributed by atoms with Gasteiger partial charge in [-0.3, -0.25) is 29.1 Å². The first-order valence-electron chi connectivity index (χ1n) is 10.2. The minimum absolute atomic E-state index is 0.352. The van der Waals surface area contributed by atoms with E-state index in [0.717, 1.165) is 14.2 Å². The molecule has 1 aliphatic rings. The molecule has 10 heteroatoms. The molecule has 2 heterocycles. The van der Waals surface area contributed by atoms with Gasteiger partial charge in [-0.05, 0) is 23.3 Å². The maximum absolute atomic E-state index is 13.3. The number of carbonyl (C=O) groups excluding carboxylic acids is 4. The number of carbonyl (C=O) groups is 4. The van der Waals surface area contributed by atoms with Crippen LogP contribution in [0.5, 0.6) is 0 Å². The average Bonchev–Trinajstić information content (AvgIpc) is 2.87. The molecule has 0 saturated carbocycles. The molecule has 0 bridgehead atoms. The summed E-state index contributed by atoms with van der Waals surface area (Å²) in [5, 5.41) is 21.7. The van der Waals surface area contributed by atoms with Gasteiger partial charge in [-0.1, -0.05) is 12.1 Å². The molecule has 3 rings (SSSR count). The fourth-order valence-electron chi connectivity index (χ4n) is 3.80. The standard InChI is InChI=1S/C24H22N2O8/c1-33-17(27)9-15(13-5-3-7-25-11-13)19-21(29)23(31)20(24(32)22(19)30)16(10-18(28)34-2)14-6-4-8-26-12-14/h3-8,11-12,15-16,29,32H,9-10H2,1-2H3/t15-,16-/m1/s1. The van der Waals surface area contributed by atoms with Gasteiger partial charge in [0.1, 0.15) is 0 Å². The number of hydrogen-bond acceptors (Lipinski definition) is 10. The second-order valence-corrected chi connectivity index (χ2v) is 7.42. The van der Waals surface area contributed by atoms with Crippen LogP contribution in [0.3, 0.4) is 0 Å². The quantitative estimate of drug-likeness (QED) is 0.437. The van der Waals surface area contributed by atoms with Crippen molar-refractivity contribution in [2.45, 2.75) is 24.7 Å². The number of aromatic nitrogens is 2. The number of aliphatic hydroxyl groups is 2. The van der Waals surface area contributed by atoms with Crippen molar-refractivity contribution in [2.24, 2.45) is 0 Å². The van der Waals surface area contributed by atoms with Crippen molar-refractivity contribution in [2.75, 3.05) is 14.2 Å². The van der Waals surface area contributed by atoms with E-state index in [4.69, 9.17) is 9.47 Å². The van der Waals surface area contributed by atoms with Gasteiger partial charge in [-0.15, -0.1) is 0 Å². The van der Waals surface area contributed by atoms with Crippen molar-refractivity contribution in [3.05, 3.63) is 82.8 Å². The lowest BCUT2D eigenvalue weighted by Gasteiger charge is -2.27. The first-order valence-corrected chi connectivity index (χ1v) is 10.2. The summed E-state index contributed by atoms with van der Waals surface area (Å²) in [6.07, 6.45) is 4.91. The van der Waals surface area contributed by atoms with Crippen LogP contribution >= 0.6 is 0 Å². The third-order valence-corrected chi connectivity index (χ3v) is 5.50. The third kappa shape index (κ3) is 4.85. The summed E-state index contributed by atoms with van der Waals surface area (Å²) < 4.78 is 9.40. The number of allylic oxidation sites excluding steroid dienone is 2. The van der Waals surface area contributed by atoms with E-state index in [2.05, 4.69) is 9.97 Å². The van der Waals surface area contributed by atoms with Gasteiger partial charge in [-0.2, -0.15) is 0 Å². The molecule has 0 spiro atoms. The summed E-state index contributed by atoms with van der Waals surface area (Å²) in [4.78, 5) is 58.6. The van der Waals surface area contributed by atoms with E-state index >= 15 is 0 Å². The van der Waals surface area contributed by atoms with E-state index in [1.165, 1.54) is 24.8 Å². The van der Waals surface area contributed by atoms with E-state index in [0.29, 0.717) is 11.1 Å². The maximum Gasteiger partial charge on any atom is 0.306 e. The third-order valence-electron chi connectivity index (χ3n) is 5.50. The Morgan fingerprint density at radius 2 is 1.18 bits per heavy atom. The maximum atomic E-state index is 13.3. The van der Waals surface area contributed by atoms with Gasteiger partial charge < -0.3 is 19.7 Å². The van der Waals surface area contributed by atoms with Crippen molar-refractivity contribution in [1.82, 2.24) is 9.97 Å².